The van der Waals surface area contributed by atoms with Crippen molar-refractivity contribution in [3.8, 4) is 0 Å². The maximum absolute atomic E-state index is 8.56. The summed E-state index contributed by atoms with van der Waals surface area (Å²) in [4.78, 5) is 34.1. The van der Waals surface area contributed by atoms with Crippen LogP contribution in [0.4, 0.5) is 19.2 Å². The zero-order valence-corrected chi connectivity index (χ0v) is 15.0. The van der Waals surface area contributed by atoms with E-state index in [9.17, 15) is 0 Å². The fraction of sp³-hybridized carbons (Fsp3) is 0. The van der Waals surface area contributed by atoms with Gasteiger partial charge in [0.25, 0.3) is 0 Å². The minimum absolute atomic E-state index is 0. The van der Waals surface area contributed by atoms with Crippen LogP contribution in [0.3, 0.4) is 0 Å². The van der Waals surface area contributed by atoms with Gasteiger partial charge >= 0.3 is 87.8 Å². The van der Waals surface area contributed by atoms with Gasteiger partial charge in [0.2, 0.25) is 6.16 Å². The average molecular weight is 364 g/mol. The van der Waals surface area contributed by atoms with Gasteiger partial charge < -0.3 is 45.6 Å². The Morgan fingerprint density at radius 3 is 0.611 bits per heavy atom. The molecular formula is C4H10AsKO12. The predicted octanol–water partition coefficient (Wildman–Crippen LogP) is -4.62. The third-order valence-corrected chi connectivity index (χ3v) is 0. The molecule has 0 bridgehead atoms. The van der Waals surface area contributed by atoms with Crippen molar-refractivity contribution in [1.29, 1.82) is 0 Å². The molecule has 104 valence electrons. The Bertz CT molecular complexity index is 164. The minimum Gasteiger partial charge on any atom is 1.00 e. The summed E-state index contributed by atoms with van der Waals surface area (Å²) < 4.78 is 0. The van der Waals surface area contributed by atoms with Crippen LogP contribution >= 0.6 is 0 Å². The molecule has 0 aliphatic heterocycles. The van der Waals surface area contributed by atoms with Crippen molar-refractivity contribution in [1.82, 2.24) is 0 Å². The van der Waals surface area contributed by atoms with Crippen molar-refractivity contribution in [2.24, 2.45) is 0 Å². The van der Waals surface area contributed by atoms with Gasteiger partial charge in [0, 0.05) is 0 Å². The van der Waals surface area contributed by atoms with E-state index in [4.69, 9.17) is 60.0 Å². The van der Waals surface area contributed by atoms with Crippen molar-refractivity contribution in [2.75, 3.05) is 0 Å². The number of carboxylic acid groups (broad SMARTS) is 8. The summed E-state index contributed by atoms with van der Waals surface area (Å²) in [6, 6.07) is 0. The molecule has 0 saturated heterocycles. The van der Waals surface area contributed by atoms with E-state index in [0.717, 1.165) is 0 Å². The summed E-state index contributed by atoms with van der Waals surface area (Å²) in [5, 5.41) is 57.1. The van der Waals surface area contributed by atoms with Crippen LogP contribution in [-0.2, 0) is 0 Å². The molecule has 0 amide bonds. The van der Waals surface area contributed by atoms with Gasteiger partial charge in [-0.3, -0.25) is 0 Å². The largest absolute Gasteiger partial charge is 1.00 e. The SMILES string of the molecule is O=C(O)O.O=C(O)O.O=C(O)O.O=C([O-])O.[AsH3].[K+]. The van der Waals surface area contributed by atoms with Crippen molar-refractivity contribution >= 4 is 42.6 Å². The van der Waals surface area contributed by atoms with E-state index in [1.165, 1.54) is 0 Å². The molecule has 7 N–H and O–H groups in total. The third kappa shape index (κ3) is 5920. The maximum Gasteiger partial charge on any atom is 1.00 e. The van der Waals surface area contributed by atoms with Crippen molar-refractivity contribution < 1.29 is 111 Å². The third-order valence-electron chi connectivity index (χ3n) is 0. The second-order valence-electron chi connectivity index (χ2n) is 1.11. The number of carbonyl (C=O) groups is 4. The molecule has 0 heterocycles. The molecule has 12 nitrogen and oxygen atoms in total. The van der Waals surface area contributed by atoms with Gasteiger partial charge in [0.05, 0.1) is 0 Å². The molecule has 0 aromatic heterocycles. The fourth-order valence-electron chi connectivity index (χ4n) is 0. The van der Waals surface area contributed by atoms with Gasteiger partial charge in [-0.05, 0) is 0 Å². The number of hydrogen-bond acceptors (Lipinski definition) is 5. The van der Waals surface area contributed by atoms with E-state index in [1.54, 1.807) is 0 Å². The van der Waals surface area contributed by atoms with Crippen LogP contribution < -0.4 is 56.5 Å². The molecule has 0 saturated carbocycles. The minimum atomic E-state index is -2.08. The zero-order valence-electron chi connectivity index (χ0n) is 8.88. The molecule has 18 heavy (non-hydrogen) atoms. The summed E-state index contributed by atoms with van der Waals surface area (Å²) in [6.45, 7) is 0. The summed E-state index contributed by atoms with van der Waals surface area (Å²) >= 11 is 0. The molecule has 0 aromatic carbocycles. The first-order valence-corrected chi connectivity index (χ1v) is 2.59. The Morgan fingerprint density at radius 1 is 0.611 bits per heavy atom. The topological polar surface area (TPSA) is 233 Å². The van der Waals surface area contributed by atoms with Crippen molar-refractivity contribution in [3.63, 3.8) is 0 Å². The van der Waals surface area contributed by atoms with Crippen molar-refractivity contribution in [2.45, 2.75) is 0 Å². The Hall–Kier alpha value is -0.725. The summed E-state index contributed by atoms with van der Waals surface area (Å²) in [5.41, 5.74) is 0. The van der Waals surface area contributed by atoms with E-state index in [-0.39, 0.29) is 69.3 Å². The molecule has 0 radical (unpaired) electrons. The number of rotatable bonds is 0. The second-order valence-corrected chi connectivity index (χ2v) is 1.11. The molecule has 0 fully saturated rings. The quantitative estimate of drug-likeness (QED) is 0.201. The van der Waals surface area contributed by atoms with Crippen LogP contribution in [0.1, 0.15) is 0 Å². The van der Waals surface area contributed by atoms with Gasteiger partial charge in [0.15, 0.2) is 0 Å². The Kier molecular flexibility index (Phi) is 59.7. The first-order chi connectivity index (χ1) is 6.93. The average Bonchev–Trinajstić information content (AvgIpc) is 1.76. The monoisotopic (exact) mass is 364 g/mol. The molecule has 1 atom stereocenters. The summed E-state index contributed by atoms with van der Waals surface area (Å²) in [7, 11) is 0. The van der Waals surface area contributed by atoms with Crippen molar-refractivity contribution in [3.05, 3.63) is 0 Å². The number of hydrogen-bond donors (Lipinski definition) is 7. The van der Waals surface area contributed by atoms with Gasteiger partial charge in [-0.2, -0.15) is 0 Å². The van der Waals surface area contributed by atoms with Gasteiger partial charge in [-0.15, -0.1) is 0 Å². The normalized spacial score (nSPS) is 5.33. The van der Waals surface area contributed by atoms with Crippen LogP contribution in [0.15, 0.2) is 0 Å². The van der Waals surface area contributed by atoms with E-state index in [2.05, 4.69) is 0 Å². The molecule has 0 aromatic rings. The van der Waals surface area contributed by atoms with Crippen LogP contribution in [-0.4, -0.2) is 78.3 Å². The van der Waals surface area contributed by atoms with Crippen LogP contribution in [0.25, 0.3) is 0 Å². The maximum atomic E-state index is 8.56. The molecule has 0 rings (SSSR count). The predicted molar refractivity (Wildman–Crippen MR) is 49.9 cm³/mol. The van der Waals surface area contributed by atoms with Crippen LogP contribution in [0.5, 0.6) is 0 Å². The van der Waals surface area contributed by atoms with E-state index >= 15 is 0 Å². The smallest absolute Gasteiger partial charge is 1.00 e. The van der Waals surface area contributed by atoms with Crippen LogP contribution in [0, 0.1) is 0 Å². The van der Waals surface area contributed by atoms with Gasteiger partial charge in [-0.1, -0.05) is 0 Å². The van der Waals surface area contributed by atoms with E-state index < -0.39 is 24.6 Å². The molecular weight excluding hydrogens is 354 g/mol. The first-order valence-electron chi connectivity index (χ1n) is 2.59. The van der Waals surface area contributed by atoms with Gasteiger partial charge in [0.1, 0.15) is 0 Å². The molecule has 0 aliphatic rings. The molecule has 0 spiro atoms. The summed E-state index contributed by atoms with van der Waals surface area (Å²) in [5.74, 6) is 0. The standard InChI is InChI=1S/4CH2O3.AsH3.K/c4*2-1(3)4;;/h4*(H2,2,3,4);1H3;/q;;;;;+1/p-1. The van der Waals surface area contributed by atoms with E-state index in [1.807, 2.05) is 0 Å². The molecule has 0 aliphatic carbocycles. The molecule has 14 heteroatoms. The first kappa shape index (κ1) is 36.0. The zero-order chi connectivity index (χ0) is 14.3. The van der Waals surface area contributed by atoms with E-state index in [0.29, 0.717) is 0 Å². The Balaban J connectivity index is -0.0000000257. The Labute approximate surface area is 152 Å². The fourth-order valence-corrected chi connectivity index (χ4v) is 0. The Morgan fingerprint density at radius 2 is 0.611 bits per heavy atom. The van der Waals surface area contributed by atoms with Crippen LogP contribution in [0.2, 0.25) is 0 Å². The second kappa shape index (κ2) is 29.9. The van der Waals surface area contributed by atoms with Gasteiger partial charge in [-0.25, -0.2) is 14.4 Å². The summed E-state index contributed by atoms with van der Waals surface area (Å²) in [6.07, 6.45) is -7.58. The molecule has 1 unspecified atom stereocenters.